The number of carbonyl (C=O) groups excluding carboxylic acids is 2. The van der Waals surface area contributed by atoms with Gasteiger partial charge < -0.3 is 10.6 Å². The summed E-state index contributed by atoms with van der Waals surface area (Å²) in [4.78, 5) is 26.4. The van der Waals surface area contributed by atoms with Crippen molar-refractivity contribution in [3.63, 3.8) is 0 Å². The zero-order valence-corrected chi connectivity index (χ0v) is 17.4. The van der Waals surface area contributed by atoms with Gasteiger partial charge in [-0.15, -0.1) is 0 Å². The van der Waals surface area contributed by atoms with E-state index in [-0.39, 0.29) is 17.7 Å². The first kappa shape index (κ1) is 21.4. The summed E-state index contributed by atoms with van der Waals surface area (Å²) in [6.45, 7) is 13.6. The summed E-state index contributed by atoms with van der Waals surface area (Å²) in [6, 6.07) is 7.80. The molecule has 0 radical (unpaired) electrons. The van der Waals surface area contributed by atoms with Crippen LogP contribution in [0.4, 0.5) is 0 Å². The Morgan fingerprint density at radius 3 is 2.26 bits per heavy atom. The predicted molar refractivity (Wildman–Crippen MR) is 109 cm³/mol. The molecule has 5 heteroatoms. The highest BCUT2D eigenvalue weighted by Crippen LogP contribution is 2.23. The van der Waals surface area contributed by atoms with Crippen molar-refractivity contribution in [2.45, 2.75) is 60.2 Å². The van der Waals surface area contributed by atoms with Gasteiger partial charge in [-0.05, 0) is 35.3 Å². The second-order valence-electron chi connectivity index (χ2n) is 8.55. The molecule has 2 rings (SSSR count). The first-order chi connectivity index (χ1) is 12.8. The molecule has 2 amide bonds. The summed E-state index contributed by atoms with van der Waals surface area (Å²) in [5.41, 5.74) is 2.40. The molecular weight excluding hydrogens is 338 g/mol. The minimum absolute atomic E-state index is 0.0421. The first-order valence-corrected chi connectivity index (χ1v) is 10.1. The lowest BCUT2D eigenvalue weighted by Crippen LogP contribution is -2.48. The van der Waals surface area contributed by atoms with Crippen LogP contribution in [-0.2, 0) is 22.7 Å². The normalized spacial score (nSPS) is 21.7. The number of nitrogens with one attached hydrogen (secondary N) is 2. The van der Waals surface area contributed by atoms with E-state index < -0.39 is 6.04 Å². The Hall–Kier alpha value is -1.88. The van der Waals surface area contributed by atoms with Crippen molar-refractivity contribution in [3.8, 4) is 0 Å². The number of piperidine rings is 1. The molecule has 1 aliphatic rings. The van der Waals surface area contributed by atoms with E-state index in [1.54, 1.807) is 0 Å². The number of nitrogens with zero attached hydrogens (tertiary/aromatic N) is 1. The molecule has 2 N–H and O–H groups in total. The van der Waals surface area contributed by atoms with E-state index in [0.717, 1.165) is 37.0 Å². The summed E-state index contributed by atoms with van der Waals surface area (Å²) >= 11 is 0. The highest BCUT2D eigenvalue weighted by Gasteiger charge is 2.24. The van der Waals surface area contributed by atoms with E-state index >= 15 is 0 Å². The minimum Gasteiger partial charge on any atom is -0.350 e. The lowest BCUT2D eigenvalue weighted by molar-refractivity contribution is -0.129. The Morgan fingerprint density at radius 1 is 1.11 bits per heavy atom. The van der Waals surface area contributed by atoms with E-state index in [4.69, 9.17) is 0 Å². The van der Waals surface area contributed by atoms with E-state index in [1.807, 2.05) is 19.9 Å². The van der Waals surface area contributed by atoms with Gasteiger partial charge in [0.1, 0.15) is 6.04 Å². The van der Waals surface area contributed by atoms with Crippen LogP contribution in [0, 0.1) is 17.8 Å². The maximum atomic E-state index is 12.5. The van der Waals surface area contributed by atoms with Crippen LogP contribution in [0.3, 0.4) is 0 Å². The van der Waals surface area contributed by atoms with E-state index in [2.05, 4.69) is 47.6 Å². The molecular formula is C22H35N3O2. The van der Waals surface area contributed by atoms with Crippen molar-refractivity contribution in [3.05, 3.63) is 35.4 Å². The number of rotatable bonds is 7. The smallest absolute Gasteiger partial charge is 0.243 e. The van der Waals surface area contributed by atoms with Crippen LogP contribution in [0.1, 0.15) is 52.2 Å². The molecule has 1 aliphatic heterocycles. The summed E-state index contributed by atoms with van der Waals surface area (Å²) in [6.07, 6.45) is 1.30. The monoisotopic (exact) mass is 373 g/mol. The fourth-order valence-corrected chi connectivity index (χ4v) is 4.09. The highest BCUT2D eigenvalue weighted by molar-refractivity contribution is 5.87. The molecule has 0 spiro atoms. The fraction of sp³-hybridized carbons (Fsp3) is 0.636. The first-order valence-electron chi connectivity index (χ1n) is 10.1. The third-order valence-corrected chi connectivity index (χ3v) is 5.22. The second kappa shape index (κ2) is 9.88. The lowest BCUT2D eigenvalue weighted by atomic mass is 9.91. The standard InChI is InChI=1S/C22H35N3O2/c1-15(2)21(24-18(5)26)22(27)23-11-19-8-6-7-9-20(19)14-25-12-16(3)10-17(4)13-25/h6-9,15-17,21H,10-14H2,1-5H3,(H,23,27)(H,24,26). The summed E-state index contributed by atoms with van der Waals surface area (Å²) < 4.78 is 0. The van der Waals surface area contributed by atoms with Crippen molar-refractivity contribution >= 4 is 11.8 Å². The van der Waals surface area contributed by atoms with Gasteiger partial charge in [-0.25, -0.2) is 0 Å². The average Bonchev–Trinajstić information content (AvgIpc) is 2.57. The third-order valence-electron chi connectivity index (χ3n) is 5.22. The van der Waals surface area contributed by atoms with Crippen molar-refractivity contribution in [2.75, 3.05) is 13.1 Å². The van der Waals surface area contributed by atoms with Gasteiger partial charge in [-0.2, -0.15) is 0 Å². The number of benzene rings is 1. The molecule has 0 aromatic heterocycles. The maximum absolute atomic E-state index is 12.5. The van der Waals surface area contributed by atoms with Gasteiger partial charge in [-0.1, -0.05) is 52.0 Å². The van der Waals surface area contributed by atoms with Crippen molar-refractivity contribution < 1.29 is 9.59 Å². The van der Waals surface area contributed by atoms with Gasteiger partial charge in [0.05, 0.1) is 0 Å². The van der Waals surface area contributed by atoms with Gasteiger partial charge in [0.15, 0.2) is 0 Å². The quantitative estimate of drug-likeness (QED) is 0.772. The van der Waals surface area contributed by atoms with Gasteiger partial charge in [0, 0.05) is 33.1 Å². The van der Waals surface area contributed by atoms with Crippen LogP contribution in [0.25, 0.3) is 0 Å². The summed E-state index contributed by atoms with van der Waals surface area (Å²) in [5, 5.41) is 5.75. The minimum atomic E-state index is -0.501. The molecule has 1 fully saturated rings. The van der Waals surface area contributed by atoms with Crippen LogP contribution in [-0.4, -0.2) is 35.8 Å². The fourth-order valence-electron chi connectivity index (χ4n) is 4.09. The largest absolute Gasteiger partial charge is 0.350 e. The molecule has 150 valence electrons. The topological polar surface area (TPSA) is 61.4 Å². The molecule has 1 saturated heterocycles. The lowest BCUT2D eigenvalue weighted by Gasteiger charge is -2.35. The van der Waals surface area contributed by atoms with E-state index in [0.29, 0.717) is 6.54 Å². The van der Waals surface area contributed by atoms with Crippen LogP contribution >= 0.6 is 0 Å². The molecule has 0 aliphatic carbocycles. The van der Waals surface area contributed by atoms with Crippen molar-refractivity contribution in [1.82, 2.24) is 15.5 Å². The third kappa shape index (κ3) is 6.65. The zero-order chi connectivity index (χ0) is 20.0. The summed E-state index contributed by atoms with van der Waals surface area (Å²) in [5.74, 6) is 1.18. The number of hydrogen-bond donors (Lipinski definition) is 2. The summed E-state index contributed by atoms with van der Waals surface area (Å²) in [7, 11) is 0. The van der Waals surface area contributed by atoms with E-state index in [9.17, 15) is 9.59 Å². The molecule has 1 aromatic rings. The van der Waals surface area contributed by atoms with Gasteiger partial charge in [0.25, 0.3) is 0 Å². The molecule has 1 heterocycles. The molecule has 0 saturated carbocycles. The van der Waals surface area contributed by atoms with Crippen LogP contribution in [0.2, 0.25) is 0 Å². The Kier molecular flexibility index (Phi) is 7.84. The Labute approximate surface area is 163 Å². The van der Waals surface area contributed by atoms with E-state index in [1.165, 1.54) is 18.9 Å². The number of carbonyl (C=O) groups is 2. The number of hydrogen-bond acceptors (Lipinski definition) is 3. The Morgan fingerprint density at radius 2 is 1.70 bits per heavy atom. The molecule has 1 aromatic carbocycles. The predicted octanol–water partition coefficient (Wildman–Crippen LogP) is 2.94. The van der Waals surface area contributed by atoms with Crippen LogP contribution in [0.5, 0.6) is 0 Å². The van der Waals surface area contributed by atoms with Crippen molar-refractivity contribution in [1.29, 1.82) is 0 Å². The van der Waals surface area contributed by atoms with Gasteiger partial charge in [-0.3, -0.25) is 14.5 Å². The highest BCUT2D eigenvalue weighted by atomic mass is 16.2. The van der Waals surface area contributed by atoms with Gasteiger partial charge in [0.2, 0.25) is 11.8 Å². The molecule has 5 nitrogen and oxygen atoms in total. The molecule has 3 atom stereocenters. The molecule has 0 bridgehead atoms. The van der Waals surface area contributed by atoms with Crippen LogP contribution in [0.15, 0.2) is 24.3 Å². The zero-order valence-electron chi connectivity index (χ0n) is 17.4. The molecule has 27 heavy (non-hydrogen) atoms. The Balaban J connectivity index is 2.00. The van der Waals surface area contributed by atoms with Crippen molar-refractivity contribution in [2.24, 2.45) is 17.8 Å². The SMILES string of the molecule is CC(=O)NC(C(=O)NCc1ccccc1CN1CC(C)CC(C)C1)C(C)C. The maximum Gasteiger partial charge on any atom is 0.243 e. The second-order valence-corrected chi connectivity index (χ2v) is 8.55. The number of amides is 2. The molecule has 3 unspecified atom stereocenters. The van der Waals surface area contributed by atoms with Gasteiger partial charge >= 0.3 is 0 Å². The average molecular weight is 374 g/mol. The Bertz CT molecular complexity index is 634. The number of likely N-dealkylation sites (tertiary alicyclic amines) is 1. The van der Waals surface area contributed by atoms with Crippen LogP contribution < -0.4 is 10.6 Å².